The summed E-state index contributed by atoms with van der Waals surface area (Å²) in [4.78, 5) is 21.2. The molecular weight excluding hydrogens is 446 g/mol. The molecule has 1 aliphatic rings. The summed E-state index contributed by atoms with van der Waals surface area (Å²) >= 11 is 0. The smallest absolute Gasteiger partial charge is 0.307 e. The molecule has 3 heterocycles. The molecule has 0 saturated heterocycles. The van der Waals surface area contributed by atoms with Crippen LogP contribution in [-0.2, 0) is 21.0 Å². The topological polar surface area (TPSA) is 84.1 Å². The number of hydrogen-bond donors (Lipinski definition) is 0. The Kier molecular flexibility index (Phi) is 7.83. The molecule has 3 aromatic heterocycles. The van der Waals surface area contributed by atoms with Crippen molar-refractivity contribution >= 4 is 26.5 Å². The molecule has 0 aromatic carbocycles. The Morgan fingerprint density at radius 1 is 1.26 bits per heavy atom. The first-order chi connectivity index (χ1) is 16.4. The summed E-state index contributed by atoms with van der Waals surface area (Å²) in [6, 6.07) is 3.11. The molecule has 1 aliphatic carbocycles. The van der Waals surface area contributed by atoms with E-state index in [-0.39, 0.29) is 12.0 Å². The molecule has 3 aromatic rings. The second kappa shape index (κ2) is 10.8. The maximum atomic E-state index is 12.1. The SMILES string of the molecule is COC(=O)C[C@H](C1CCCC1)n1cc(-c2ncnc3c2ccn3COCC[Si]C(C)(C)C)cn1. The van der Waals surface area contributed by atoms with Gasteiger partial charge < -0.3 is 14.0 Å². The second-order valence-electron chi connectivity index (χ2n) is 10.1. The number of fused-ring (bicyclic) bond motifs is 1. The third kappa shape index (κ3) is 5.93. The number of esters is 1. The molecule has 34 heavy (non-hydrogen) atoms. The van der Waals surface area contributed by atoms with Crippen LogP contribution in [0.4, 0.5) is 0 Å². The molecule has 0 aliphatic heterocycles. The van der Waals surface area contributed by atoms with E-state index in [0.29, 0.717) is 24.1 Å². The summed E-state index contributed by atoms with van der Waals surface area (Å²) in [5, 5.41) is 5.96. The average molecular weight is 482 g/mol. The van der Waals surface area contributed by atoms with Gasteiger partial charge >= 0.3 is 5.97 Å². The van der Waals surface area contributed by atoms with E-state index in [9.17, 15) is 4.79 Å². The Bertz CT molecular complexity index is 1100. The van der Waals surface area contributed by atoms with Crippen molar-refractivity contribution in [3.8, 4) is 11.3 Å². The third-order valence-electron chi connectivity index (χ3n) is 6.45. The van der Waals surface area contributed by atoms with Crippen LogP contribution in [-0.4, -0.2) is 53.5 Å². The first-order valence-corrected chi connectivity index (χ1v) is 13.3. The van der Waals surface area contributed by atoms with E-state index in [0.717, 1.165) is 57.3 Å². The number of methoxy groups -OCH3 is 1. The Balaban J connectivity index is 1.50. The number of nitrogens with zero attached hydrogens (tertiary/aromatic N) is 5. The quantitative estimate of drug-likeness (QED) is 0.233. The minimum Gasteiger partial charge on any atom is -0.469 e. The molecule has 1 fully saturated rings. The van der Waals surface area contributed by atoms with Gasteiger partial charge in [0.1, 0.15) is 18.7 Å². The van der Waals surface area contributed by atoms with Crippen molar-refractivity contribution < 1.29 is 14.3 Å². The van der Waals surface area contributed by atoms with Crippen LogP contribution in [0.3, 0.4) is 0 Å². The number of ether oxygens (including phenoxy) is 2. The van der Waals surface area contributed by atoms with E-state index in [4.69, 9.17) is 9.47 Å². The van der Waals surface area contributed by atoms with Crippen LogP contribution in [0, 0.1) is 5.92 Å². The van der Waals surface area contributed by atoms with Gasteiger partial charge in [-0.05, 0) is 35.9 Å². The number of rotatable bonds is 10. The van der Waals surface area contributed by atoms with Crippen LogP contribution >= 0.6 is 0 Å². The highest BCUT2D eigenvalue weighted by Crippen LogP contribution is 2.37. The fraction of sp³-hybridized carbons (Fsp3) is 0.600. The maximum absolute atomic E-state index is 12.1. The lowest BCUT2D eigenvalue weighted by Crippen LogP contribution is -2.22. The van der Waals surface area contributed by atoms with Crippen LogP contribution in [0.5, 0.6) is 0 Å². The number of carbonyl (C=O) groups is 1. The van der Waals surface area contributed by atoms with E-state index < -0.39 is 0 Å². The maximum Gasteiger partial charge on any atom is 0.307 e. The highest BCUT2D eigenvalue weighted by molar-refractivity contribution is 6.39. The van der Waals surface area contributed by atoms with Gasteiger partial charge in [-0.15, -0.1) is 0 Å². The van der Waals surface area contributed by atoms with Gasteiger partial charge in [-0.1, -0.05) is 33.6 Å². The molecule has 9 heteroatoms. The van der Waals surface area contributed by atoms with Gasteiger partial charge in [0.05, 0.1) is 31.5 Å². The molecule has 1 saturated carbocycles. The first-order valence-electron chi connectivity index (χ1n) is 12.1. The highest BCUT2D eigenvalue weighted by atomic mass is 28.2. The van der Waals surface area contributed by atoms with E-state index in [1.165, 1.54) is 20.0 Å². The average Bonchev–Trinajstić information content (AvgIpc) is 3.57. The second-order valence-corrected chi connectivity index (χ2v) is 12.4. The zero-order chi connectivity index (χ0) is 24.1. The molecule has 8 nitrogen and oxygen atoms in total. The van der Waals surface area contributed by atoms with Crippen molar-refractivity contribution in [1.29, 1.82) is 0 Å². The number of aromatic nitrogens is 5. The summed E-state index contributed by atoms with van der Waals surface area (Å²) < 4.78 is 14.8. The monoisotopic (exact) mass is 481 g/mol. The fourth-order valence-electron chi connectivity index (χ4n) is 4.71. The molecule has 0 unspecified atom stereocenters. The molecular formula is C25H35N5O3Si. The summed E-state index contributed by atoms with van der Waals surface area (Å²) in [6.07, 6.45) is 12.4. The van der Waals surface area contributed by atoms with Crippen molar-refractivity contribution in [3.63, 3.8) is 0 Å². The van der Waals surface area contributed by atoms with Crippen molar-refractivity contribution in [2.24, 2.45) is 5.92 Å². The Morgan fingerprint density at radius 3 is 2.79 bits per heavy atom. The first kappa shape index (κ1) is 24.6. The highest BCUT2D eigenvalue weighted by Gasteiger charge is 2.29. The van der Waals surface area contributed by atoms with Gasteiger partial charge in [0.2, 0.25) is 0 Å². The van der Waals surface area contributed by atoms with Crippen LogP contribution in [0.15, 0.2) is 31.0 Å². The summed E-state index contributed by atoms with van der Waals surface area (Å²) in [5.41, 5.74) is 2.61. The van der Waals surface area contributed by atoms with E-state index in [2.05, 4.69) is 35.8 Å². The standard InChI is InChI=1S/C25H35N5O3Si/c1-25(2,3)34-12-11-33-17-29-10-9-20-23(26-16-27-24(20)29)19-14-28-30(15-19)21(13-22(31)32-4)18-7-5-6-8-18/h9-10,14-16,18,21H,5-8,11-13,17H2,1-4H3/t21-/m1/s1. The predicted octanol–water partition coefficient (Wildman–Crippen LogP) is 4.90. The molecule has 0 spiro atoms. The summed E-state index contributed by atoms with van der Waals surface area (Å²) in [6.45, 7) is 7.99. The summed E-state index contributed by atoms with van der Waals surface area (Å²) in [5.74, 6) is 0.243. The van der Waals surface area contributed by atoms with Crippen LogP contribution < -0.4 is 0 Å². The lowest BCUT2D eigenvalue weighted by molar-refractivity contribution is -0.142. The van der Waals surface area contributed by atoms with Crippen LogP contribution in [0.2, 0.25) is 11.1 Å². The molecule has 2 radical (unpaired) electrons. The van der Waals surface area contributed by atoms with Gasteiger partial charge in [0.25, 0.3) is 0 Å². The minimum absolute atomic E-state index is 0.00725. The van der Waals surface area contributed by atoms with Crippen molar-refractivity contribution in [3.05, 3.63) is 31.0 Å². The fourth-order valence-corrected chi connectivity index (χ4v) is 5.71. The predicted molar refractivity (Wildman–Crippen MR) is 133 cm³/mol. The number of hydrogen-bond acceptors (Lipinski definition) is 6. The number of carbonyl (C=O) groups excluding carboxylic acids is 1. The zero-order valence-electron chi connectivity index (χ0n) is 20.7. The van der Waals surface area contributed by atoms with E-state index >= 15 is 0 Å². The molecule has 0 bridgehead atoms. The Morgan fingerprint density at radius 2 is 2.06 bits per heavy atom. The molecule has 182 valence electrons. The van der Waals surface area contributed by atoms with E-state index in [1.807, 2.05) is 33.9 Å². The molecule has 0 amide bonds. The lowest BCUT2D eigenvalue weighted by atomic mass is 9.95. The Hall–Kier alpha value is -2.52. The minimum atomic E-state index is -0.196. The zero-order valence-corrected chi connectivity index (χ0v) is 21.7. The van der Waals surface area contributed by atoms with Crippen LogP contribution in [0.1, 0.15) is 58.9 Å². The van der Waals surface area contributed by atoms with Gasteiger partial charge in [0.15, 0.2) is 0 Å². The molecule has 0 N–H and O–H groups in total. The van der Waals surface area contributed by atoms with Crippen molar-refractivity contribution in [1.82, 2.24) is 24.3 Å². The largest absolute Gasteiger partial charge is 0.469 e. The normalized spacial score (nSPS) is 15.8. The molecule has 4 rings (SSSR count). The van der Waals surface area contributed by atoms with Gasteiger partial charge in [0, 0.05) is 39.5 Å². The van der Waals surface area contributed by atoms with Crippen molar-refractivity contribution in [2.45, 2.75) is 76.7 Å². The van der Waals surface area contributed by atoms with Gasteiger partial charge in [-0.25, -0.2) is 9.97 Å². The lowest BCUT2D eigenvalue weighted by Gasteiger charge is -2.22. The molecule has 1 atom stereocenters. The van der Waals surface area contributed by atoms with Crippen molar-refractivity contribution in [2.75, 3.05) is 13.7 Å². The summed E-state index contributed by atoms with van der Waals surface area (Å²) in [7, 11) is 2.32. The van der Waals surface area contributed by atoms with E-state index in [1.54, 1.807) is 6.33 Å². The Labute approximate surface area is 203 Å². The van der Waals surface area contributed by atoms with Crippen LogP contribution in [0.25, 0.3) is 22.3 Å². The third-order valence-corrected chi connectivity index (χ3v) is 7.97. The van der Waals surface area contributed by atoms with Gasteiger partial charge in [-0.3, -0.25) is 9.48 Å². The van der Waals surface area contributed by atoms with Gasteiger partial charge in [-0.2, -0.15) is 5.10 Å².